The molecule has 0 aromatic carbocycles. The Morgan fingerprint density at radius 2 is 1.21 bits per heavy atom. The van der Waals surface area contributed by atoms with E-state index in [0.717, 1.165) is 6.42 Å². The molecule has 0 heterocycles. The van der Waals surface area contributed by atoms with Gasteiger partial charge in [0.2, 0.25) is 11.9 Å². The summed E-state index contributed by atoms with van der Waals surface area (Å²) < 4.78 is 0. The molecule has 0 aromatic rings. The number of aliphatic carboxylic acids is 1. The SMILES string of the molecule is CCCC(=O)O.CN(C)C(N)=NC(=N)N.CN(C)C(N)=NC(=N)N. The zero-order valence-corrected chi connectivity index (χ0v) is 14.9. The van der Waals surface area contributed by atoms with Gasteiger partial charge >= 0.3 is 5.97 Å². The molecule has 12 heteroatoms. The highest BCUT2D eigenvalue weighted by atomic mass is 16.4. The Morgan fingerprint density at radius 3 is 1.25 bits per heavy atom. The molecule has 0 rings (SSSR count). The molecule has 24 heavy (non-hydrogen) atoms. The third-order valence-corrected chi connectivity index (χ3v) is 1.85. The lowest BCUT2D eigenvalue weighted by Gasteiger charge is -2.08. The van der Waals surface area contributed by atoms with Gasteiger partial charge < -0.3 is 37.8 Å². The van der Waals surface area contributed by atoms with Gasteiger partial charge in [-0.2, -0.15) is 9.98 Å². The van der Waals surface area contributed by atoms with Gasteiger partial charge in [-0.25, -0.2) is 0 Å². The van der Waals surface area contributed by atoms with Crippen LogP contribution in [0.15, 0.2) is 9.98 Å². The Hall–Kier alpha value is -3.05. The van der Waals surface area contributed by atoms with Gasteiger partial charge in [-0.15, -0.1) is 0 Å². The van der Waals surface area contributed by atoms with E-state index in [1.165, 1.54) is 0 Å². The van der Waals surface area contributed by atoms with Gasteiger partial charge in [0.05, 0.1) is 0 Å². The second-order valence-corrected chi connectivity index (χ2v) is 4.64. The quantitative estimate of drug-likeness (QED) is 0.227. The number of nitrogens with one attached hydrogen (secondary N) is 2. The van der Waals surface area contributed by atoms with E-state index in [0.29, 0.717) is 6.42 Å². The van der Waals surface area contributed by atoms with Crippen LogP contribution >= 0.6 is 0 Å². The van der Waals surface area contributed by atoms with Crippen molar-refractivity contribution in [3.63, 3.8) is 0 Å². The molecule has 0 amide bonds. The topological polar surface area (TPSA) is 220 Å². The minimum Gasteiger partial charge on any atom is -0.481 e. The highest BCUT2D eigenvalue weighted by molar-refractivity contribution is 5.91. The van der Waals surface area contributed by atoms with E-state index in [1.807, 2.05) is 6.92 Å². The van der Waals surface area contributed by atoms with E-state index in [2.05, 4.69) is 9.98 Å². The second kappa shape index (κ2) is 14.9. The maximum atomic E-state index is 9.60. The summed E-state index contributed by atoms with van der Waals surface area (Å²) in [5.74, 6) is -0.787. The smallest absolute Gasteiger partial charge is 0.303 e. The summed E-state index contributed by atoms with van der Waals surface area (Å²) in [5.41, 5.74) is 20.4. The fraction of sp³-hybridized carbons (Fsp3) is 0.583. The molecule has 12 nitrogen and oxygen atoms in total. The monoisotopic (exact) mass is 346 g/mol. The van der Waals surface area contributed by atoms with Gasteiger partial charge in [0.25, 0.3) is 0 Å². The first-order valence-corrected chi connectivity index (χ1v) is 6.77. The average molecular weight is 346 g/mol. The molecule has 0 aliphatic heterocycles. The predicted octanol–water partition coefficient (Wildman–Crippen LogP) is -1.62. The summed E-state index contributed by atoms with van der Waals surface area (Å²) in [6.45, 7) is 1.84. The number of hydrogen-bond acceptors (Lipinski definition) is 3. The normalized spacial score (nSPS) is 10.4. The van der Waals surface area contributed by atoms with E-state index in [-0.39, 0.29) is 23.8 Å². The number of nitrogens with two attached hydrogens (primary N) is 4. The standard InChI is InChI=1S/2C4H11N5.C4H8O2/c2*1-9(2)4(7)8-3(5)6;1-2-3-4(5)6/h2*1-2H3,(H5,5,6,7,8);2-3H2,1H3,(H,5,6). The average Bonchev–Trinajstić information content (AvgIpc) is 2.38. The zero-order valence-electron chi connectivity index (χ0n) is 14.9. The predicted molar refractivity (Wildman–Crippen MR) is 97.0 cm³/mol. The molecule has 0 spiro atoms. The first-order chi connectivity index (χ1) is 10.8. The molecule has 0 aromatic heterocycles. The Kier molecular flexibility index (Phi) is 16.0. The van der Waals surface area contributed by atoms with Gasteiger partial charge in [-0.1, -0.05) is 6.92 Å². The summed E-state index contributed by atoms with van der Waals surface area (Å²) in [6, 6.07) is 0. The van der Waals surface area contributed by atoms with Crippen LogP contribution in [0, 0.1) is 10.8 Å². The number of carboxylic acid groups (broad SMARTS) is 1. The van der Waals surface area contributed by atoms with Crippen molar-refractivity contribution in [2.75, 3.05) is 28.2 Å². The number of nitrogens with zero attached hydrogens (tertiary/aromatic N) is 4. The minimum atomic E-state index is -0.711. The van der Waals surface area contributed by atoms with E-state index in [4.69, 9.17) is 38.9 Å². The number of aliphatic imine (C=N–C) groups is 2. The maximum Gasteiger partial charge on any atom is 0.303 e. The van der Waals surface area contributed by atoms with Gasteiger partial charge in [0.15, 0.2) is 11.9 Å². The third-order valence-electron chi connectivity index (χ3n) is 1.85. The van der Waals surface area contributed by atoms with Crippen LogP contribution in [0.4, 0.5) is 0 Å². The largest absolute Gasteiger partial charge is 0.481 e. The van der Waals surface area contributed by atoms with E-state index in [9.17, 15) is 4.79 Å². The van der Waals surface area contributed by atoms with E-state index >= 15 is 0 Å². The van der Waals surface area contributed by atoms with Crippen LogP contribution in [0.3, 0.4) is 0 Å². The van der Waals surface area contributed by atoms with Crippen molar-refractivity contribution < 1.29 is 9.90 Å². The van der Waals surface area contributed by atoms with Crippen molar-refractivity contribution in [1.82, 2.24) is 9.80 Å². The van der Waals surface area contributed by atoms with Crippen LogP contribution in [0.1, 0.15) is 19.8 Å². The molecular formula is C12H30N10O2. The Balaban J connectivity index is -0.000000282. The highest BCUT2D eigenvalue weighted by Crippen LogP contribution is 1.82. The van der Waals surface area contributed by atoms with Crippen LogP contribution in [-0.2, 0) is 4.79 Å². The van der Waals surface area contributed by atoms with E-state index in [1.54, 1.807) is 38.0 Å². The molecular weight excluding hydrogens is 316 g/mol. The summed E-state index contributed by atoms with van der Waals surface area (Å²) >= 11 is 0. The van der Waals surface area contributed by atoms with Crippen LogP contribution < -0.4 is 22.9 Å². The Labute approximate surface area is 142 Å². The van der Waals surface area contributed by atoms with Crippen molar-refractivity contribution in [3.8, 4) is 0 Å². The summed E-state index contributed by atoms with van der Waals surface area (Å²) in [4.78, 5) is 19.7. The number of rotatable bonds is 2. The summed E-state index contributed by atoms with van der Waals surface area (Å²) in [7, 11) is 6.90. The molecule has 0 unspecified atom stereocenters. The fourth-order valence-corrected chi connectivity index (χ4v) is 0.661. The van der Waals surface area contributed by atoms with Crippen molar-refractivity contribution in [1.29, 1.82) is 10.8 Å². The van der Waals surface area contributed by atoms with E-state index < -0.39 is 5.97 Å². The molecule has 0 saturated heterocycles. The molecule has 0 aliphatic rings. The Bertz CT molecular complexity index is 423. The number of guanidine groups is 4. The van der Waals surface area contributed by atoms with Gasteiger partial charge in [-0.05, 0) is 6.42 Å². The lowest BCUT2D eigenvalue weighted by Crippen LogP contribution is -2.32. The molecule has 0 bridgehead atoms. The first-order valence-electron chi connectivity index (χ1n) is 6.77. The molecule has 0 fully saturated rings. The lowest BCUT2D eigenvalue weighted by molar-refractivity contribution is -0.137. The zero-order chi connectivity index (χ0) is 19.9. The molecule has 0 aliphatic carbocycles. The number of carbonyl (C=O) groups is 1. The molecule has 0 atom stereocenters. The minimum absolute atomic E-state index is 0.238. The lowest BCUT2D eigenvalue weighted by atomic mass is 10.4. The van der Waals surface area contributed by atoms with Gasteiger partial charge in [-0.3, -0.25) is 15.6 Å². The molecule has 0 radical (unpaired) electrons. The highest BCUT2D eigenvalue weighted by Gasteiger charge is 1.92. The van der Waals surface area contributed by atoms with Gasteiger partial charge in [0, 0.05) is 34.6 Å². The molecule has 140 valence electrons. The fourth-order valence-electron chi connectivity index (χ4n) is 0.661. The maximum absolute atomic E-state index is 9.60. The van der Waals surface area contributed by atoms with Crippen molar-refractivity contribution in [2.24, 2.45) is 32.9 Å². The molecule has 11 N–H and O–H groups in total. The van der Waals surface area contributed by atoms with Crippen LogP contribution in [0.25, 0.3) is 0 Å². The van der Waals surface area contributed by atoms with Crippen molar-refractivity contribution >= 4 is 29.8 Å². The van der Waals surface area contributed by atoms with Crippen LogP contribution in [-0.4, -0.2) is 72.9 Å². The first kappa shape index (κ1) is 25.9. The Morgan fingerprint density at radius 1 is 0.917 bits per heavy atom. The number of carboxylic acids is 1. The third kappa shape index (κ3) is 24.0. The van der Waals surface area contributed by atoms with Crippen LogP contribution in [0.5, 0.6) is 0 Å². The van der Waals surface area contributed by atoms with Crippen molar-refractivity contribution in [3.05, 3.63) is 0 Å². The number of hydrogen-bond donors (Lipinski definition) is 7. The van der Waals surface area contributed by atoms with Crippen LogP contribution in [0.2, 0.25) is 0 Å². The van der Waals surface area contributed by atoms with Gasteiger partial charge in [0.1, 0.15) is 0 Å². The van der Waals surface area contributed by atoms with Crippen molar-refractivity contribution in [2.45, 2.75) is 19.8 Å². The summed E-state index contributed by atoms with van der Waals surface area (Å²) in [5, 5.41) is 21.3. The second-order valence-electron chi connectivity index (χ2n) is 4.64. The molecule has 0 saturated carbocycles. The summed E-state index contributed by atoms with van der Waals surface area (Å²) in [6.07, 6.45) is 1.02.